The molecule has 0 spiro atoms. The van der Waals surface area contributed by atoms with Crippen LogP contribution >= 0.6 is 7.60 Å². The predicted octanol–water partition coefficient (Wildman–Crippen LogP) is 3.47. The van der Waals surface area contributed by atoms with Gasteiger partial charge in [-0.3, -0.25) is 4.57 Å². The van der Waals surface area contributed by atoms with Gasteiger partial charge in [0.2, 0.25) is 0 Å². The first-order valence-electron chi connectivity index (χ1n) is 8.03. The Morgan fingerprint density at radius 3 is 2.32 bits per heavy atom. The van der Waals surface area contributed by atoms with Gasteiger partial charge in [-0.05, 0) is 25.5 Å². The molecule has 0 bridgehead atoms. The van der Waals surface area contributed by atoms with E-state index < -0.39 is 18.6 Å². The predicted molar refractivity (Wildman–Crippen MR) is 95.9 cm³/mol. The zero-order valence-electron chi connectivity index (χ0n) is 14.2. The third kappa shape index (κ3) is 5.12. The van der Waals surface area contributed by atoms with Crippen molar-refractivity contribution in [3.05, 3.63) is 65.4 Å². The number of rotatable bonds is 9. The first kappa shape index (κ1) is 19.6. The Kier molecular flexibility index (Phi) is 7.13. The fourth-order valence-electron chi connectivity index (χ4n) is 2.43. The van der Waals surface area contributed by atoms with Gasteiger partial charge in [0.05, 0.1) is 13.2 Å². The van der Waals surface area contributed by atoms with Gasteiger partial charge in [0.15, 0.2) is 11.5 Å². The molecular formula is C17H23N2O5P. The molecule has 2 aromatic carbocycles. The smallest absolute Gasteiger partial charge is 0.357 e. The number of hydrogen-bond donors (Lipinski definition) is 3. The van der Waals surface area contributed by atoms with Gasteiger partial charge in [-0.15, -0.1) is 0 Å². The van der Waals surface area contributed by atoms with Crippen LogP contribution in [0.3, 0.4) is 0 Å². The van der Waals surface area contributed by atoms with E-state index in [1.54, 1.807) is 26.0 Å². The molecule has 0 heterocycles. The summed E-state index contributed by atoms with van der Waals surface area (Å²) in [7, 11) is -3.51. The summed E-state index contributed by atoms with van der Waals surface area (Å²) in [5.41, 5.74) is 1.39. The van der Waals surface area contributed by atoms with Gasteiger partial charge < -0.3 is 19.6 Å². The van der Waals surface area contributed by atoms with Crippen LogP contribution in [0.25, 0.3) is 0 Å². The summed E-state index contributed by atoms with van der Waals surface area (Å²) in [5.74, 6) is -0.752. The van der Waals surface area contributed by atoms with E-state index in [-0.39, 0.29) is 18.9 Å². The van der Waals surface area contributed by atoms with Gasteiger partial charge in [-0.2, -0.15) is 5.23 Å². The molecule has 0 aliphatic heterocycles. The van der Waals surface area contributed by atoms with E-state index in [1.165, 1.54) is 12.1 Å². The van der Waals surface area contributed by atoms with Crippen LogP contribution in [0.2, 0.25) is 0 Å². The van der Waals surface area contributed by atoms with E-state index in [0.717, 1.165) is 5.56 Å². The monoisotopic (exact) mass is 366 g/mol. The quantitative estimate of drug-likeness (QED) is 0.465. The first-order chi connectivity index (χ1) is 12.0. The first-order valence-corrected chi connectivity index (χ1v) is 9.65. The third-order valence-corrected chi connectivity index (χ3v) is 5.76. The molecule has 0 aliphatic carbocycles. The van der Waals surface area contributed by atoms with Crippen LogP contribution in [0.1, 0.15) is 25.2 Å². The standard InChI is InChI=1S/C17H23N2O5P/c1-3-23-25(22,24-4-2)17(14-9-6-5-7-10-14)18-15-11-8-12-16(13-15)19(20)21/h5-13,17-20H,3-4H2,1-2H3. The molecule has 136 valence electrons. The van der Waals surface area contributed by atoms with Crippen molar-refractivity contribution in [2.75, 3.05) is 18.5 Å². The fraction of sp³-hybridized carbons (Fsp3) is 0.294. The Balaban J connectivity index is 2.41. The Morgan fingerprint density at radius 2 is 1.76 bits per heavy atom. The highest BCUT2D eigenvalue weighted by Crippen LogP contribution is 2.60. The van der Waals surface area contributed by atoms with Gasteiger partial charge in [-0.1, -0.05) is 36.4 Å². The molecule has 0 saturated heterocycles. The molecular weight excluding hydrogens is 343 g/mol. The summed E-state index contributed by atoms with van der Waals surface area (Å²) in [6.07, 6.45) is 0. The second-order valence-electron chi connectivity index (χ2n) is 5.22. The van der Waals surface area contributed by atoms with Crippen LogP contribution in [0.15, 0.2) is 54.6 Å². The Labute approximate surface area is 147 Å². The molecule has 3 N–H and O–H groups in total. The highest BCUT2D eigenvalue weighted by molar-refractivity contribution is 7.54. The van der Waals surface area contributed by atoms with Gasteiger partial charge in [-0.25, -0.2) is 5.21 Å². The summed E-state index contributed by atoms with van der Waals surface area (Å²) in [5, 5.41) is 22.4. The average Bonchev–Trinajstić information content (AvgIpc) is 2.61. The maximum Gasteiger partial charge on any atom is 0.357 e. The highest BCUT2D eigenvalue weighted by Gasteiger charge is 2.37. The minimum Gasteiger partial charge on any atom is -0.595 e. The van der Waals surface area contributed by atoms with Crippen LogP contribution in [-0.4, -0.2) is 18.4 Å². The molecule has 0 aliphatic rings. The van der Waals surface area contributed by atoms with Crippen molar-refractivity contribution in [2.24, 2.45) is 0 Å². The molecule has 0 amide bonds. The van der Waals surface area contributed by atoms with Gasteiger partial charge >= 0.3 is 7.60 Å². The molecule has 0 saturated carbocycles. The van der Waals surface area contributed by atoms with E-state index in [4.69, 9.17) is 14.3 Å². The summed E-state index contributed by atoms with van der Waals surface area (Å²) >= 11 is 0. The molecule has 0 aromatic heterocycles. The molecule has 2 rings (SSSR count). The molecule has 7 nitrogen and oxygen atoms in total. The third-order valence-electron chi connectivity index (χ3n) is 3.46. The lowest BCUT2D eigenvalue weighted by Gasteiger charge is -2.28. The Hall–Kier alpha value is -1.73. The molecule has 0 radical (unpaired) electrons. The van der Waals surface area contributed by atoms with Crippen molar-refractivity contribution in [2.45, 2.75) is 19.6 Å². The van der Waals surface area contributed by atoms with E-state index in [2.05, 4.69) is 5.32 Å². The lowest BCUT2D eigenvalue weighted by molar-refractivity contribution is -0.991. The molecule has 2 unspecified atom stereocenters. The number of benzene rings is 2. The number of nitrogens with one attached hydrogen (secondary N) is 2. The van der Waals surface area contributed by atoms with Crippen LogP contribution in [0, 0.1) is 5.21 Å². The van der Waals surface area contributed by atoms with Crippen LogP contribution in [0.4, 0.5) is 11.4 Å². The number of quaternary nitrogens is 1. The van der Waals surface area contributed by atoms with E-state index in [9.17, 15) is 9.77 Å². The number of anilines is 1. The fourth-order valence-corrected chi connectivity index (χ4v) is 4.36. The lowest BCUT2D eigenvalue weighted by atomic mass is 10.2. The summed E-state index contributed by atoms with van der Waals surface area (Å²) in [4.78, 5) is 0. The van der Waals surface area contributed by atoms with Crippen LogP contribution in [-0.2, 0) is 13.6 Å². The topological polar surface area (TPSA) is 95.3 Å². The van der Waals surface area contributed by atoms with Crippen molar-refractivity contribution < 1.29 is 24.0 Å². The summed E-state index contributed by atoms with van der Waals surface area (Å²) < 4.78 is 24.3. The molecule has 2 aromatic rings. The zero-order chi connectivity index (χ0) is 18.3. The summed E-state index contributed by atoms with van der Waals surface area (Å²) in [6.45, 7) is 3.96. The maximum atomic E-state index is 13.3. The Bertz CT molecular complexity index is 701. The molecule has 8 heteroatoms. The second kappa shape index (κ2) is 9.10. The van der Waals surface area contributed by atoms with Crippen LogP contribution < -0.4 is 10.5 Å². The maximum absolute atomic E-state index is 13.3. The lowest BCUT2D eigenvalue weighted by Crippen LogP contribution is -2.99. The van der Waals surface area contributed by atoms with Crippen molar-refractivity contribution in [3.8, 4) is 0 Å². The molecule has 0 fully saturated rings. The largest absolute Gasteiger partial charge is 0.595 e. The van der Waals surface area contributed by atoms with Crippen LogP contribution in [0.5, 0.6) is 0 Å². The van der Waals surface area contributed by atoms with Gasteiger partial charge in [0.25, 0.3) is 0 Å². The van der Waals surface area contributed by atoms with Crippen molar-refractivity contribution in [1.29, 1.82) is 0 Å². The normalized spacial score (nSPS) is 14.1. The van der Waals surface area contributed by atoms with Gasteiger partial charge in [0, 0.05) is 17.8 Å². The van der Waals surface area contributed by atoms with Crippen molar-refractivity contribution >= 4 is 19.0 Å². The van der Waals surface area contributed by atoms with E-state index >= 15 is 0 Å². The minimum absolute atomic E-state index is 0.138. The minimum atomic E-state index is -3.51. The molecule has 2 atom stereocenters. The average molecular weight is 366 g/mol. The summed E-state index contributed by atoms with van der Waals surface area (Å²) in [6, 6.07) is 15.5. The van der Waals surface area contributed by atoms with Crippen molar-refractivity contribution in [3.63, 3.8) is 0 Å². The highest BCUT2D eigenvalue weighted by atomic mass is 31.2. The number of hydrogen-bond acceptors (Lipinski definition) is 6. The zero-order valence-corrected chi connectivity index (χ0v) is 15.1. The van der Waals surface area contributed by atoms with Crippen molar-refractivity contribution in [1.82, 2.24) is 0 Å². The SMILES string of the molecule is CCOP(=O)(OCC)C(Nc1cccc([NH+]([O-])O)c1)c1ccccc1. The molecule has 25 heavy (non-hydrogen) atoms. The van der Waals surface area contributed by atoms with Gasteiger partial charge in [0.1, 0.15) is 0 Å². The Morgan fingerprint density at radius 1 is 1.12 bits per heavy atom. The second-order valence-corrected chi connectivity index (χ2v) is 7.33. The van der Waals surface area contributed by atoms with E-state index in [0.29, 0.717) is 5.69 Å². The van der Waals surface area contributed by atoms with E-state index in [1.807, 2.05) is 30.3 Å².